The predicted molar refractivity (Wildman–Crippen MR) is 109 cm³/mol. The molecule has 0 aliphatic carbocycles. The van der Waals surface area contributed by atoms with Crippen molar-refractivity contribution in [2.24, 2.45) is 0 Å². The van der Waals surface area contributed by atoms with Crippen LogP contribution < -0.4 is 10.1 Å². The monoisotopic (exact) mass is 395 g/mol. The number of amides is 3. The van der Waals surface area contributed by atoms with Gasteiger partial charge in [0.25, 0.3) is 0 Å². The second kappa shape index (κ2) is 9.23. The van der Waals surface area contributed by atoms with Crippen molar-refractivity contribution in [3.05, 3.63) is 59.7 Å². The van der Waals surface area contributed by atoms with Gasteiger partial charge in [-0.15, -0.1) is 0 Å². The van der Waals surface area contributed by atoms with Crippen molar-refractivity contribution in [3.63, 3.8) is 0 Å². The van der Waals surface area contributed by atoms with Gasteiger partial charge < -0.3 is 19.9 Å². The molecule has 1 aliphatic heterocycles. The summed E-state index contributed by atoms with van der Waals surface area (Å²) in [7, 11) is 0. The summed E-state index contributed by atoms with van der Waals surface area (Å²) in [6.45, 7) is 5.40. The zero-order valence-corrected chi connectivity index (χ0v) is 16.7. The average Bonchev–Trinajstić information content (AvgIpc) is 2.69. The van der Waals surface area contributed by atoms with E-state index in [1.807, 2.05) is 38.1 Å². The van der Waals surface area contributed by atoms with E-state index in [4.69, 9.17) is 4.74 Å². The van der Waals surface area contributed by atoms with Crippen LogP contribution in [0.2, 0.25) is 0 Å². The number of carbonyl (C=O) groups excluding carboxylic acids is 3. The maximum Gasteiger partial charge on any atom is 0.312 e. The molecule has 152 valence electrons. The molecule has 1 saturated heterocycles. The highest BCUT2D eigenvalue weighted by Gasteiger charge is 2.33. The number of nitrogens with one attached hydrogen (secondary N) is 1. The maximum atomic E-state index is 12.5. The highest BCUT2D eigenvalue weighted by molar-refractivity contribution is 6.35. The Morgan fingerprint density at radius 3 is 2.41 bits per heavy atom. The Kier molecular flexibility index (Phi) is 6.49. The molecule has 1 fully saturated rings. The maximum absolute atomic E-state index is 12.5. The van der Waals surface area contributed by atoms with Gasteiger partial charge in [0.2, 0.25) is 5.91 Å². The summed E-state index contributed by atoms with van der Waals surface area (Å²) in [6.07, 6.45) is 0. The van der Waals surface area contributed by atoms with Crippen LogP contribution in [0.1, 0.15) is 18.1 Å². The number of hydrogen-bond donors (Lipinski definition) is 1. The van der Waals surface area contributed by atoms with Crippen molar-refractivity contribution in [3.8, 4) is 5.75 Å². The molecule has 0 radical (unpaired) electrons. The highest BCUT2D eigenvalue weighted by atomic mass is 16.5. The molecule has 0 atom stereocenters. The quantitative estimate of drug-likeness (QED) is 0.729. The zero-order chi connectivity index (χ0) is 20.8. The third-order valence-corrected chi connectivity index (χ3v) is 4.64. The van der Waals surface area contributed by atoms with Crippen molar-refractivity contribution in [1.82, 2.24) is 9.80 Å². The average molecular weight is 395 g/mol. The highest BCUT2D eigenvalue weighted by Crippen LogP contribution is 2.16. The van der Waals surface area contributed by atoms with Gasteiger partial charge in [0.15, 0.2) is 0 Å². The van der Waals surface area contributed by atoms with E-state index >= 15 is 0 Å². The summed E-state index contributed by atoms with van der Waals surface area (Å²) in [6, 6.07) is 14.8. The second-order valence-corrected chi connectivity index (χ2v) is 6.95. The largest absolute Gasteiger partial charge is 0.494 e. The van der Waals surface area contributed by atoms with Gasteiger partial charge in [0.05, 0.1) is 6.61 Å². The Morgan fingerprint density at radius 1 is 1.03 bits per heavy atom. The van der Waals surface area contributed by atoms with E-state index in [2.05, 4.69) is 5.32 Å². The van der Waals surface area contributed by atoms with Crippen LogP contribution in [0.3, 0.4) is 0 Å². The molecule has 1 heterocycles. The zero-order valence-electron chi connectivity index (χ0n) is 16.7. The fourth-order valence-electron chi connectivity index (χ4n) is 3.22. The van der Waals surface area contributed by atoms with Crippen LogP contribution in [0.4, 0.5) is 5.69 Å². The number of rotatable bonds is 7. The van der Waals surface area contributed by atoms with Gasteiger partial charge in [-0.2, -0.15) is 0 Å². The minimum atomic E-state index is -0.647. The van der Waals surface area contributed by atoms with Crippen LogP contribution in [-0.4, -0.2) is 53.8 Å². The molecule has 29 heavy (non-hydrogen) atoms. The first-order valence-electron chi connectivity index (χ1n) is 9.62. The Hall–Kier alpha value is -3.35. The molecule has 0 unspecified atom stereocenters. The number of ether oxygens (including phenoxy) is 1. The van der Waals surface area contributed by atoms with Crippen molar-refractivity contribution >= 4 is 23.4 Å². The molecule has 2 aromatic carbocycles. The lowest BCUT2D eigenvalue weighted by atomic mass is 10.1. The number of anilines is 1. The van der Waals surface area contributed by atoms with Gasteiger partial charge in [-0.1, -0.05) is 29.8 Å². The lowest BCUT2D eigenvalue weighted by Gasteiger charge is -2.33. The lowest BCUT2D eigenvalue weighted by Crippen LogP contribution is -2.55. The van der Waals surface area contributed by atoms with Gasteiger partial charge in [-0.3, -0.25) is 14.4 Å². The third-order valence-electron chi connectivity index (χ3n) is 4.64. The second-order valence-electron chi connectivity index (χ2n) is 6.95. The number of benzene rings is 2. The summed E-state index contributed by atoms with van der Waals surface area (Å²) in [4.78, 5) is 40.0. The molecule has 1 N–H and O–H groups in total. The van der Waals surface area contributed by atoms with Gasteiger partial charge in [0, 0.05) is 25.3 Å². The van der Waals surface area contributed by atoms with E-state index in [0.29, 0.717) is 31.9 Å². The van der Waals surface area contributed by atoms with Gasteiger partial charge in [-0.05, 0) is 43.7 Å². The van der Waals surface area contributed by atoms with Crippen molar-refractivity contribution in [2.45, 2.75) is 20.4 Å². The van der Waals surface area contributed by atoms with Gasteiger partial charge in [0.1, 0.15) is 12.3 Å². The molecule has 3 amide bonds. The van der Waals surface area contributed by atoms with Crippen LogP contribution in [0, 0.1) is 6.92 Å². The fourth-order valence-corrected chi connectivity index (χ4v) is 3.22. The molecular weight excluding hydrogens is 370 g/mol. The number of piperazine rings is 1. The van der Waals surface area contributed by atoms with E-state index in [-0.39, 0.29) is 12.5 Å². The third kappa shape index (κ3) is 5.34. The number of aryl methyl sites for hydroxylation is 1. The molecule has 0 bridgehead atoms. The summed E-state index contributed by atoms with van der Waals surface area (Å²) >= 11 is 0. The van der Waals surface area contributed by atoms with Crippen LogP contribution in [0.25, 0.3) is 0 Å². The first kappa shape index (κ1) is 20.4. The van der Waals surface area contributed by atoms with Crippen molar-refractivity contribution in [1.29, 1.82) is 0 Å². The molecule has 7 nitrogen and oxygen atoms in total. The molecule has 0 saturated carbocycles. The Bertz CT molecular complexity index is 895. The SMILES string of the molecule is CCOc1ccc(NC(=O)CN2CCN(Cc3cccc(C)c3)C(=O)C2=O)cc1. The first-order chi connectivity index (χ1) is 14.0. The van der Waals surface area contributed by atoms with E-state index in [1.165, 1.54) is 9.80 Å². The fraction of sp³-hybridized carbons (Fsp3) is 0.318. The predicted octanol–water partition coefficient (Wildman–Crippen LogP) is 2.20. The molecular formula is C22H25N3O4. The van der Waals surface area contributed by atoms with Gasteiger partial charge >= 0.3 is 11.8 Å². The van der Waals surface area contributed by atoms with E-state index in [9.17, 15) is 14.4 Å². The molecule has 3 rings (SSSR count). The minimum absolute atomic E-state index is 0.157. The summed E-state index contributed by atoms with van der Waals surface area (Å²) in [5.41, 5.74) is 2.69. The molecule has 7 heteroatoms. The standard InChI is InChI=1S/C22H25N3O4/c1-3-29-19-9-7-18(8-10-19)23-20(26)15-25-12-11-24(21(27)22(25)28)14-17-6-4-5-16(2)13-17/h4-10,13H,3,11-12,14-15H2,1-2H3,(H,23,26). The smallest absolute Gasteiger partial charge is 0.312 e. The van der Waals surface area contributed by atoms with Crippen LogP contribution in [0.15, 0.2) is 48.5 Å². The topological polar surface area (TPSA) is 79.0 Å². The Balaban J connectivity index is 1.54. The Morgan fingerprint density at radius 2 is 1.72 bits per heavy atom. The van der Waals surface area contributed by atoms with E-state index in [0.717, 1.165) is 16.9 Å². The molecule has 2 aromatic rings. The first-order valence-corrected chi connectivity index (χ1v) is 9.62. The number of carbonyl (C=O) groups is 3. The number of hydrogen-bond acceptors (Lipinski definition) is 4. The summed E-state index contributed by atoms with van der Waals surface area (Å²) < 4.78 is 5.36. The molecule has 1 aliphatic rings. The van der Waals surface area contributed by atoms with Crippen LogP contribution in [0.5, 0.6) is 5.75 Å². The lowest BCUT2D eigenvalue weighted by molar-refractivity contribution is -0.157. The van der Waals surface area contributed by atoms with Gasteiger partial charge in [-0.25, -0.2) is 0 Å². The van der Waals surface area contributed by atoms with E-state index in [1.54, 1.807) is 24.3 Å². The normalized spacial score (nSPS) is 14.1. The van der Waals surface area contributed by atoms with Crippen LogP contribution in [-0.2, 0) is 20.9 Å². The minimum Gasteiger partial charge on any atom is -0.494 e. The Labute approximate surface area is 170 Å². The van der Waals surface area contributed by atoms with Crippen molar-refractivity contribution in [2.75, 3.05) is 31.6 Å². The molecule has 0 aromatic heterocycles. The number of nitrogens with zero attached hydrogens (tertiary/aromatic N) is 2. The molecule has 0 spiro atoms. The summed E-state index contributed by atoms with van der Waals surface area (Å²) in [5, 5.41) is 2.74. The van der Waals surface area contributed by atoms with Crippen LogP contribution >= 0.6 is 0 Å². The van der Waals surface area contributed by atoms with E-state index < -0.39 is 11.8 Å². The van der Waals surface area contributed by atoms with Crippen molar-refractivity contribution < 1.29 is 19.1 Å². The summed E-state index contributed by atoms with van der Waals surface area (Å²) in [5.74, 6) is -0.851.